The van der Waals surface area contributed by atoms with E-state index in [1.165, 1.54) is 35.2 Å². The maximum atomic E-state index is 12.8. The van der Waals surface area contributed by atoms with Gasteiger partial charge in [-0.2, -0.15) is 0 Å². The molecule has 0 unspecified atom stereocenters. The number of para-hydroxylation sites is 1. The molecule has 0 bridgehead atoms. The van der Waals surface area contributed by atoms with Gasteiger partial charge in [0.1, 0.15) is 0 Å². The van der Waals surface area contributed by atoms with Crippen LogP contribution in [-0.4, -0.2) is 27.6 Å². The minimum Gasteiger partial charge on any atom is -0.312 e. The number of carbonyl (C=O) groups is 1. The lowest BCUT2D eigenvalue weighted by Gasteiger charge is -2.23. The van der Waals surface area contributed by atoms with Crippen LogP contribution in [0.3, 0.4) is 0 Å². The number of nitrogens with zero attached hydrogens (tertiary/aromatic N) is 3. The smallest absolute Gasteiger partial charge is 0.270 e. The molecule has 0 radical (unpaired) electrons. The molecule has 3 rings (SSSR count). The number of thioether (sulfide) groups is 1. The van der Waals surface area contributed by atoms with Crippen molar-refractivity contribution in [3.8, 4) is 0 Å². The predicted molar refractivity (Wildman–Crippen MR) is 106 cm³/mol. The van der Waals surface area contributed by atoms with Crippen LogP contribution >= 0.6 is 23.1 Å². The van der Waals surface area contributed by atoms with Crippen LogP contribution in [0.25, 0.3) is 10.2 Å². The van der Waals surface area contributed by atoms with Crippen molar-refractivity contribution in [2.24, 2.45) is 0 Å². The van der Waals surface area contributed by atoms with Crippen LogP contribution < -0.4 is 4.90 Å². The fourth-order valence-electron chi connectivity index (χ4n) is 2.55. The standard InChI is InChI=1S/C18H17N3O3S2/c1-3-20(13-7-5-4-6-8-13)17(22)12(2)25-18-19-15-10-9-14(21(23)24)11-16(15)26-18/h4-12H,3H2,1-2H3/t12-/m0/s1. The van der Waals surface area contributed by atoms with Gasteiger partial charge in [0.05, 0.1) is 20.4 Å². The second-order valence-corrected chi connectivity index (χ2v) is 8.19. The second kappa shape index (κ2) is 7.84. The molecule has 0 spiro atoms. The van der Waals surface area contributed by atoms with E-state index in [0.717, 1.165) is 14.7 Å². The molecule has 8 heteroatoms. The number of hydrogen-bond donors (Lipinski definition) is 0. The van der Waals surface area contributed by atoms with Gasteiger partial charge in [-0.25, -0.2) is 4.98 Å². The highest BCUT2D eigenvalue weighted by Gasteiger charge is 2.23. The molecule has 0 fully saturated rings. The Balaban J connectivity index is 1.78. The average Bonchev–Trinajstić information content (AvgIpc) is 3.04. The van der Waals surface area contributed by atoms with Crippen molar-refractivity contribution < 1.29 is 9.72 Å². The number of carbonyl (C=O) groups excluding carboxylic acids is 1. The molecule has 0 saturated heterocycles. The van der Waals surface area contributed by atoms with Crippen molar-refractivity contribution in [1.82, 2.24) is 4.98 Å². The van der Waals surface area contributed by atoms with E-state index >= 15 is 0 Å². The fourth-order valence-corrected chi connectivity index (χ4v) is 4.86. The Kier molecular flexibility index (Phi) is 5.53. The summed E-state index contributed by atoms with van der Waals surface area (Å²) in [5.74, 6) is 0.00827. The van der Waals surface area contributed by atoms with Gasteiger partial charge in [0.2, 0.25) is 5.91 Å². The Morgan fingerprint density at radius 3 is 2.69 bits per heavy atom. The number of nitro benzene ring substituents is 1. The minimum absolute atomic E-state index is 0.00827. The first-order valence-electron chi connectivity index (χ1n) is 8.07. The van der Waals surface area contributed by atoms with Gasteiger partial charge in [0, 0.05) is 24.4 Å². The van der Waals surface area contributed by atoms with Crippen LogP contribution in [0.2, 0.25) is 0 Å². The number of anilines is 1. The zero-order valence-electron chi connectivity index (χ0n) is 14.3. The van der Waals surface area contributed by atoms with E-state index in [0.29, 0.717) is 12.1 Å². The van der Waals surface area contributed by atoms with Gasteiger partial charge in [-0.1, -0.05) is 30.0 Å². The van der Waals surface area contributed by atoms with Gasteiger partial charge in [0.25, 0.3) is 5.69 Å². The van der Waals surface area contributed by atoms with E-state index in [4.69, 9.17) is 0 Å². The maximum absolute atomic E-state index is 12.8. The van der Waals surface area contributed by atoms with Crippen LogP contribution in [-0.2, 0) is 4.79 Å². The van der Waals surface area contributed by atoms with E-state index in [1.807, 2.05) is 44.2 Å². The molecule has 0 aliphatic carbocycles. The van der Waals surface area contributed by atoms with Gasteiger partial charge < -0.3 is 4.90 Å². The monoisotopic (exact) mass is 387 g/mol. The Hall–Kier alpha value is -2.45. The van der Waals surface area contributed by atoms with E-state index in [-0.39, 0.29) is 16.8 Å². The lowest BCUT2D eigenvalue weighted by atomic mass is 10.2. The van der Waals surface area contributed by atoms with Crippen molar-refractivity contribution in [2.75, 3.05) is 11.4 Å². The Morgan fingerprint density at radius 1 is 1.31 bits per heavy atom. The summed E-state index contributed by atoms with van der Waals surface area (Å²) in [4.78, 5) is 29.5. The van der Waals surface area contributed by atoms with E-state index in [9.17, 15) is 14.9 Å². The summed E-state index contributed by atoms with van der Waals surface area (Å²) in [5.41, 5.74) is 1.62. The fraction of sp³-hybridized carbons (Fsp3) is 0.222. The van der Waals surface area contributed by atoms with E-state index < -0.39 is 4.92 Å². The van der Waals surface area contributed by atoms with Crippen LogP contribution in [0.15, 0.2) is 52.9 Å². The van der Waals surface area contributed by atoms with Crippen LogP contribution in [0, 0.1) is 10.1 Å². The first-order valence-corrected chi connectivity index (χ1v) is 9.77. The molecule has 1 heterocycles. The Morgan fingerprint density at radius 2 is 2.04 bits per heavy atom. The van der Waals surface area contributed by atoms with E-state index in [2.05, 4.69) is 4.98 Å². The summed E-state index contributed by atoms with van der Waals surface area (Å²) < 4.78 is 1.47. The maximum Gasteiger partial charge on any atom is 0.270 e. The first kappa shape index (κ1) is 18.3. The van der Waals surface area contributed by atoms with Gasteiger partial charge in [-0.05, 0) is 32.0 Å². The number of nitro groups is 1. The predicted octanol–water partition coefficient (Wildman–Crippen LogP) is 4.74. The molecule has 1 aromatic heterocycles. The molecule has 1 amide bonds. The highest BCUT2D eigenvalue weighted by atomic mass is 32.2. The number of non-ortho nitro benzene ring substituents is 1. The second-order valence-electron chi connectivity index (χ2n) is 5.57. The molecule has 0 N–H and O–H groups in total. The van der Waals surface area contributed by atoms with Crippen LogP contribution in [0.4, 0.5) is 11.4 Å². The van der Waals surface area contributed by atoms with Gasteiger partial charge in [-0.3, -0.25) is 14.9 Å². The number of fused-ring (bicyclic) bond motifs is 1. The number of aromatic nitrogens is 1. The SMILES string of the molecule is CCN(C(=O)[C@H](C)Sc1nc2ccc([N+](=O)[O-])cc2s1)c1ccccc1. The largest absolute Gasteiger partial charge is 0.312 e. The molecule has 134 valence electrons. The lowest BCUT2D eigenvalue weighted by molar-refractivity contribution is -0.384. The lowest BCUT2D eigenvalue weighted by Crippen LogP contribution is -2.36. The molecule has 6 nitrogen and oxygen atoms in total. The molecule has 0 aliphatic heterocycles. The van der Waals surface area contributed by atoms with Crippen molar-refractivity contribution in [1.29, 1.82) is 0 Å². The molecule has 0 saturated carbocycles. The molecule has 2 aromatic carbocycles. The Bertz CT molecular complexity index is 943. The molecule has 1 atom stereocenters. The van der Waals surface area contributed by atoms with Crippen LogP contribution in [0.1, 0.15) is 13.8 Å². The summed E-state index contributed by atoms with van der Waals surface area (Å²) in [6.45, 7) is 4.38. The van der Waals surface area contributed by atoms with Gasteiger partial charge in [-0.15, -0.1) is 11.3 Å². The summed E-state index contributed by atoms with van der Waals surface area (Å²) in [6, 6.07) is 14.2. The quantitative estimate of drug-likeness (QED) is 0.347. The molecule has 26 heavy (non-hydrogen) atoms. The summed E-state index contributed by atoms with van der Waals surface area (Å²) in [7, 11) is 0. The van der Waals surface area contributed by atoms with Gasteiger partial charge in [0.15, 0.2) is 4.34 Å². The topological polar surface area (TPSA) is 76.3 Å². The van der Waals surface area contributed by atoms with Crippen molar-refractivity contribution in [2.45, 2.75) is 23.4 Å². The first-order chi connectivity index (χ1) is 12.5. The van der Waals surface area contributed by atoms with Crippen molar-refractivity contribution >= 4 is 50.6 Å². The third-order valence-electron chi connectivity index (χ3n) is 3.84. The van der Waals surface area contributed by atoms with E-state index in [1.54, 1.807) is 11.0 Å². The number of hydrogen-bond acceptors (Lipinski definition) is 6. The van der Waals surface area contributed by atoms with Crippen molar-refractivity contribution in [3.63, 3.8) is 0 Å². The normalized spacial score (nSPS) is 12.1. The highest BCUT2D eigenvalue weighted by Crippen LogP contribution is 2.34. The zero-order chi connectivity index (χ0) is 18.7. The molecular weight excluding hydrogens is 370 g/mol. The Labute approximate surface area is 159 Å². The number of amides is 1. The summed E-state index contributed by atoms with van der Waals surface area (Å²) in [5, 5.41) is 10.6. The highest BCUT2D eigenvalue weighted by molar-refractivity contribution is 8.02. The minimum atomic E-state index is -0.420. The average molecular weight is 387 g/mol. The third-order valence-corrected chi connectivity index (χ3v) is 6.04. The molecule has 3 aromatic rings. The number of rotatable bonds is 6. The zero-order valence-corrected chi connectivity index (χ0v) is 15.9. The molecule has 0 aliphatic rings. The number of thiazole rings is 1. The van der Waals surface area contributed by atoms with Gasteiger partial charge >= 0.3 is 0 Å². The van der Waals surface area contributed by atoms with Crippen LogP contribution in [0.5, 0.6) is 0 Å². The van der Waals surface area contributed by atoms with Crippen molar-refractivity contribution in [3.05, 3.63) is 58.6 Å². The third kappa shape index (κ3) is 3.86. The number of benzene rings is 2. The summed E-state index contributed by atoms with van der Waals surface area (Å²) >= 11 is 2.74. The summed E-state index contributed by atoms with van der Waals surface area (Å²) in [6.07, 6.45) is 0. The molecular formula is C18H17N3O3S2.